The molecule has 0 saturated heterocycles. The monoisotopic (exact) mass is 263 g/mol. The van der Waals surface area contributed by atoms with E-state index in [4.69, 9.17) is 17.0 Å². The summed E-state index contributed by atoms with van der Waals surface area (Å²) >= 11 is 5.05. The highest BCUT2D eigenvalue weighted by molar-refractivity contribution is 7.80. The van der Waals surface area contributed by atoms with Crippen molar-refractivity contribution in [3.05, 3.63) is 29.3 Å². The van der Waals surface area contributed by atoms with Crippen LogP contribution in [0.5, 0.6) is 5.75 Å². The zero-order chi connectivity index (χ0) is 13.3. The molecule has 1 heterocycles. The first-order valence-corrected chi connectivity index (χ1v) is 6.31. The number of ether oxygens (including phenoxy) is 1. The fraction of sp³-hybridized carbons (Fsp3) is 0.462. The van der Waals surface area contributed by atoms with Crippen molar-refractivity contribution in [1.29, 1.82) is 0 Å². The first kappa shape index (κ1) is 13.0. The zero-order valence-electron chi connectivity index (χ0n) is 11.0. The van der Waals surface area contributed by atoms with Gasteiger partial charge in [-0.2, -0.15) is 5.11 Å². The second-order valence-corrected chi connectivity index (χ2v) is 5.03. The van der Waals surface area contributed by atoms with Gasteiger partial charge in [-0.05, 0) is 56.2 Å². The normalized spacial score (nSPS) is 20.3. The minimum absolute atomic E-state index is 0.0969. The number of likely N-dealkylation sites (N-methyl/N-ethyl adjacent to an activating group) is 1. The van der Waals surface area contributed by atoms with Crippen molar-refractivity contribution in [3.8, 4) is 5.75 Å². The average molecular weight is 263 g/mol. The van der Waals surface area contributed by atoms with Crippen LogP contribution in [0.2, 0.25) is 0 Å². The zero-order valence-corrected chi connectivity index (χ0v) is 11.9. The van der Waals surface area contributed by atoms with E-state index >= 15 is 0 Å². The number of rotatable bonds is 3. The molecular weight excluding hydrogens is 246 g/mol. The lowest BCUT2D eigenvalue weighted by Gasteiger charge is -2.24. The van der Waals surface area contributed by atoms with Gasteiger partial charge in [-0.3, -0.25) is 0 Å². The van der Waals surface area contributed by atoms with Gasteiger partial charge in [0.15, 0.2) is 6.17 Å². The van der Waals surface area contributed by atoms with Crippen LogP contribution in [0.15, 0.2) is 28.4 Å². The molecule has 0 amide bonds. The summed E-state index contributed by atoms with van der Waals surface area (Å²) in [5.74, 6) is 0.862. The third-order valence-corrected chi connectivity index (χ3v) is 3.27. The van der Waals surface area contributed by atoms with Gasteiger partial charge in [-0.15, -0.1) is 5.11 Å². The van der Waals surface area contributed by atoms with E-state index < -0.39 is 0 Å². The van der Waals surface area contributed by atoms with E-state index in [-0.39, 0.29) is 12.3 Å². The van der Waals surface area contributed by atoms with Crippen LogP contribution in [-0.2, 0) is 0 Å². The SMILES string of the molecule is Cc1cc(C)cc(OC(C)C2N=NC(=S)N2C)c1. The maximum Gasteiger partial charge on any atom is 0.217 e. The smallest absolute Gasteiger partial charge is 0.217 e. The third kappa shape index (κ3) is 2.67. The Kier molecular flexibility index (Phi) is 3.61. The van der Waals surface area contributed by atoms with E-state index in [9.17, 15) is 0 Å². The lowest BCUT2D eigenvalue weighted by Crippen LogP contribution is -2.39. The summed E-state index contributed by atoms with van der Waals surface area (Å²) in [5, 5.41) is 8.53. The molecule has 0 N–H and O–H groups in total. The van der Waals surface area contributed by atoms with Crippen LogP contribution in [0.3, 0.4) is 0 Å². The van der Waals surface area contributed by atoms with E-state index in [2.05, 4.69) is 30.1 Å². The van der Waals surface area contributed by atoms with E-state index in [1.807, 2.05) is 31.0 Å². The van der Waals surface area contributed by atoms with Gasteiger partial charge < -0.3 is 9.64 Å². The van der Waals surface area contributed by atoms with Crippen molar-refractivity contribution in [3.63, 3.8) is 0 Å². The van der Waals surface area contributed by atoms with Gasteiger partial charge in [-0.1, -0.05) is 6.07 Å². The predicted octanol–water partition coefficient (Wildman–Crippen LogP) is 3.08. The molecule has 1 aromatic carbocycles. The van der Waals surface area contributed by atoms with Gasteiger partial charge in [0.25, 0.3) is 0 Å². The van der Waals surface area contributed by atoms with E-state index in [1.54, 1.807) is 0 Å². The van der Waals surface area contributed by atoms with Crippen LogP contribution >= 0.6 is 12.2 Å². The molecule has 96 valence electrons. The molecule has 0 spiro atoms. The summed E-state index contributed by atoms with van der Waals surface area (Å²) in [4.78, 5) is 1.85. The maximum atomic E-state index is 5.92. The van der Waals surface area contributed by atoms with Crippen LogP contribution in [0.1, 0.15) is 18.1 Å². The summed E-state index contributed by atoms with van der Waals surface area (Å²) < 4.78 is 5.92. The summed E-state index contributed by atoms with van der Waals surface area (Å²) in [5.41, 5.74) is 2.38. The molecule has 0 bridgehead atoms. The number of benzene rings is 1. The molecule has 0 aromatic heterocycles. The van der Waals surface area contributed by atoms with E-state index in [1.165, 1.54) is 11.1 Å². The molecule has 1 aromatic rings. The van der Waals surface area contributed by atoms with Crippen molar-refractivity contribution in [1.82, 2.24) is 4.90 Å². The topological polar surface area (TPSA) is 37.2 Å². The van der Waals surface area contributed by atoms with Crippen LogP contribution in [0.25, 0.3) is 0 Å². The lowest BCUT2D eigenvalue weighted by molar-refractivity contribution is 0.142. The Morgan fingerprint density at radius 1 is 1.28 bits per heavy atom. The van der Waals surface area contributed by atoms with E-state index in [0.717, 1.165) is 5.75 Å². The fourth-order valence-electron chi connectivity index (χ4n) is 2.05. The Hall–Kier alpha value is -1.49. The second kappa shape index (κ2) is 5.02. The van der Waals surface area contributed by atoms with Crippen LogP contribution < -0.4 is 4.74 Å². The summed E-state index contributed by atoms with van der Waals surface area (Å²) in [7, 11) is 1.88. The van der Waals surface area contributed by atoms with Gasteiger partial charge in [0, 0.05) is 7.05 Å². The molecule has 4 nitrogen and oxygen atoms in total. The summed E-state index contributed by atoms with van der Waals surface area (Å²) in [6.07, 6.45) is -0.237. The molecule has 2 rings (SSSR count). The quantitative estimate of drug-likeness (QED) is 0.786. The van der Waals surface area contributed by atoms with Gasteiger partial charge >= 0.3 is 0 Å². The molecule has 2 unspecified atom stereocenters. The molecule has 1 aliphatic rings. The number of thiocarbonyl (C=S) groups is 1. The predicted molar refractivity (Wildman–Crippen MR) is 75.0 cm³/mol. The summed E-state index contributed by atoms with van der Waals surface area (Å²) in [6, 6.07) is 6.16. The van der Waals surface area contributed by atoms with Gasteiger partial charge in [0.05, 0.1) is 0 Å². The molecule has 2 atom stereocenters. The Balaban J connectivity index is 2.09. The molecule has 0 aliphatic carbocycles. The van der Waals surface area contributed by atoms with Crippen molar-refractivity contribution < 1.29 is 4.74 Å². The minimum atomic E-state index is -0.140. The summed E-state index contributed by atoms with van der Waals surface area (Å²) in [6.45, 7) is 6.09. The highest BCUT2D eigenvalue weighted by Crippen LogP contribution is 2.22. The molecule has 0 radical (unpaired) electrons. The van der Waals surface area contributed by atoms with Crippen LogP contribution in [0, 0.1) is 13.8 Å². The van der Waals surface area contributed by atoms with Gasteiger partial charge in [-0.25, -0.2) is 0 Å². The highest BCUT2D eigenvalue weighted by Gasteiger charge is 2.29. The largest absolute Gasteiger partial charge is 0.486 e. The minimum Gasteiger partial charge on any atom is -0.486 e. The first-order chi connectivity index (χ1) is 8.47. The lowest BCUT2D eigenvalue weighted by atomic mass is 10.1. The number of azo groups is 1. The third-order valence-electron chi connectivity index (χ3n) is 2.90. The first-order valence-electron chi connectivity index (χ1n) is 5.90. The molecular formula is C13H17N3OS. The van der Waals surface area contributed by atoms with Crippen molar-refractivity contribution in [2.45, 2.75) is 33.0 Å². The molecule has 1 aliphatic heterocycles. The average Bonchev–Trinajstić information content (AvgIpc) is 2.58. The number of hydrogen-bond donors (Lipinski definition) is 0. The number of aryl methyl sites for hydroxylation is 2. The number of hydrogen-bond acceptors (Lipinski definition) is 3. The van der Waals surface area contributed by atoms with Crippen LogP contribution in [0.4, 0.5) is 0 Å². The fourth-order valence-corrected chi connectivity index (χ4v) is 2.21. The van der Waals surface area contributed by atoms with Crippen molar-refractivity contribution >= 4 is 17.3 Å². The standard InChI is InChI=1S/C13H17N3OS/c1-8-5-9(2)7-11(6-8)17-10(3)12-14-15-13(18)16(12)4/h5-7,10,12H,1-4H3. The maximum absolute atomic E-state index is 5.92. The molecule has 0 fully saturated rings. The Morgan fingerprint density at radius 2 is 1.89 bits per heavy atom. The Labute approximate surface area is 113 Å². The Bertz CT molecular complexity index is 481. The molecule has 18 heavy (non-hydrogen) atoms. The van der Waals surface area contributed by atoms with E-state index in [0.29, 0.717) is 5.11 Å². The second-order valence-electron chi connectivity index (χ2n) is 4.67. The molecule has 5 heteroatoms. The Morgan fingerprint density at radius 3 is 2.39 bits per heavy atom. The number of nitrogens with zero attached hydrogens (tertiary/aromatic N) is 3. The van der Waals surface area contributed by atoms with Crippen molar-refractivity contribution in [2.75, 3.05) is 7.05 Å². The van der Waals surface area contributed by atoms with Gasteiger partial charge in [0.2, 0.25) is 5.11 Å². The molecule has 0 saturated carbocycles. The highest BCUT2D eigenvalue weighted by atomic mass is 32.1. The van der Waals surface area contributed by atoms with Crippen molar-refractivity contribution in [2.24, 2.45) is 10.2 Å². The van der Waals surface area contributed by atoms with Gasteiger partial charge in [0.1, 0.15) is 11.9 Å². The van der Waals surface area contributed by atoms with Crippen LogP contribution in [-0.4, -0.2) is 29.3 Å².